The number of primary amides is 1. The molecule has 6 nitrogen and oxygen atoms in total. The predicted molar refractivity (Wildman–Crippen MR) is 87.5 cm³/mol. The molecule has 1 unspecified atom stereocenters. The second kappa shape index (κ2) is 6.93. The van der Waals surface area contributed by atoms with Crippen LogP contribution in [-0.4, -0.2) is 35.3 Å². The SMILES string of the molecule is CCCOC(=O)[C@@H](N)C[SH]1C(C(N)=O)=Cc2nccc(C)c21. The minimum atomic E-state index is -1.07. The Bertz CT molecular complexity index is 630. The zero-order valence-corrected chi connectivity index (χ0v) is 13.6. The van der Waals surface area contributed by atoms with Gasteiger partial charge in [-0.15, -0.1) is 0 Å². The summed E-state index contributed by atoms with van der Waals surface area (Å²) in [5.41, 5.74) is 13.2. The lowest BCUT2D eigenvalue weighted by molar-refractivity contribution is -0.144. The Labute approximate surface area is 132 Å². The van der Waals surface area contributed by atoms with Gasteiger partial charge in [-0.2, -0.15) is 10.9 Å². The molecule has 1 amide bonds. The smallest absolute Gasteiger partial charge is 0.323 e. The summed E-state index contributed by atoms with van der Waals surface area (Å²) < 4.78 is 5.07. The maximum absolute atomic E-state index is 11.9. The highest BCUT2D eigenvalue weighted by Gasteiger charge is 2.31. The van der Waals surface area contributed by atoms with Crippen LogP contribution in [0.3, 0.4) is 0 Å². The van der Waals surface area contributed by atoms with Crippen molar-refractivity contribution in [3.63, 3.8) is 0 Å². The molecule has 0 bridgehead atoms. The zero-order valence-electron chi connectivity index (χ0n) is 12.7. The maximum atomic E-state index is 11.9. The highest BCUT2D eigenvalue weighted by Crippen LogP contribution is 2.52. The summed E-state index contributed by atoms with van der Waals surface area (Å²) in [4.78, 5) is 29.3. The van der Waals surface area contributed by atoms with Gasteiger partial charge in [-0.25, -0.2) is 0 Å². The number of nitrogens with zero attached hydrogens (tertiary/aromatic N) is 1. The van der Waals surface area contributed by atoms with Crippen LogP contribution < -0.4 is 11.5 Å². The number of carbonyl (C=O) groups excluding carboxylic acids is 2. The summed E-state index contributed by atoms with van der Waals surface area (Å²) in [6.45, 7) is 4.22. The number of thiol groups is 1. The van der Waals surface area contributed by atoms with E-state index < -0.39 is 28.8 Å². The first-order valence-corrected chi connectivity index (χ1v) is 8.65. The van der Waals surface area contributed by atoms with E-state index in [-0.39, 0.29) is 0 Å². The number of hydrogen-bond donors (Lipinski definition) is 3. The Hall–Kier alpha value is -1.86. The van der Waals surface area contributed by atoms with Gasteiger partial charge in [-0.1, -0.05) is 6.92 Å². The number of aromatic nitrogens is 1. The van der Waals surface area contributed by atoms with Gasteiger partial charge in [0.1, 0.15) is 6.04 Å². The summed E-state index contributed by atoms with van der Waals surface area (Å²) in [7, 11) is -1.07. The van der Waals surface area contributed by atoms with Crippen molar-refractivity contribution in [1.29, 1.82) is 0 Å². The number of aryl methyl sites for hydroxylation is 1. The Balaban J connectivity index is 2.23. The second-order valence-electron chi connectivity index (χ2n) is 5.14. The number of esters is 1. The number of nitrogens with two attached hydrogens (primary N) is 2. The van der Waals surface area contributed by atoms with Gasteiger partial charge >= 0.3 is 5.97 Å². The van der Waals surface area contributed by atoms with Crippen LogP contribution in [0.4, 0.5) is 0 Å². The normalized spacial score (nSPS) is 19.2. The Morgan fingerprint density at radius 1 is 1.45 bits per heavy atom. The third-order valence-electron chi connectivity index (χ3n) is 3.37. The van der Waals surface area contributed by atoms with Crippen LogP contribution in [0.1, 0.15) is 24.6 Å². The van der Waals surface area contributed by atoms with Crippen LogP contribution in [0.2, 0.25) is 0 Å². The molecule has 1 aromatic heterocycles. The predicted octanol–water partition coefficient (Wildman–Crippen LogP) is 0.870. The van der Waals surface area contributed by atoms with Crippen molar-refractivity contribution in [2.75, 3.05) is 12.4 Å². The van der Waals surface area contributed by atoms with Crippen molar-refractivity contribution in [2.45, 2.75) is 31.2 Å². The lowest BCUT2D eigenvalue weighted by Crippen LogP contribution is -2.36. The van der Waals surface area contributed by atoms with Crippen LogP contribution in [0.15, 0.2) is 22.1 Å². The molecule has 2 rings (SSSR count). The molecule has 0 saturated carbocycles. The Morgan fingerprint density at radius 2 is 2.18 bits per heavy atom. The molecule has 1 aliphatic heterocycles. The third kappa shape index (κ3) is 3.31. The number of ether oxygens (including phenoxy) is 1. The van der Waals surface area contributed by atoms with Gasteiger partial charge in [0, 0.05) is 16.8 Å². The number of carbonyl (C=O) groups is 2. The van der Waals surface area contributed by atoms with E-state index in [1.807, 2.05) is 19.9 Å². The maximum Gasteiger partial charge on any atom is 0.323 e. The summed E-state index contributed by atoms with van der Waals surface area (Å²) in [6.07, 6.45) is 4.14. The van der Waals surface area contributed by atoms with Crippen molar-refractivity contribution in [1.82, 2.24) is 4.98 Å². The van der Waals surface area contributed by atoms with E-state index in [9.17, 15) is 9.59 Å². The molecule has 7 heteroatoms. The molecule has 0 aromatic carbocycles. The first kappa shape index (κ1) is 16.5. The second-order valence-corrected chi connectivity index (χ2v) is 7.29. The number of hydrogen-bond acceptors (Lipinski definition) is 5. The number of fused-ring (bicyclic) bond motifs is 1. The van der Waals surface area contributed by atoms with Crippen molar-refractivity contribution < 1.29 is 14.3 Å². The number of amides is 1. The summed E-state index contributed by atoms with van der Waals surface area (Å²) in [6, 6.07) is 1.11. The fourth-order valence-electron chi connectivity index (χ4n) is 2.33. The molecule has 0 aliphatic carbocycles. The van der Waals surface area contributed by atoms with Gasteiger partial charge in [0.05, 0.1) is 17.2 Å². The Kier molecular flexibility index (Phi) is 5.20. The van der Waals surface area contributed by atoms with Crippen molar-refractivity contribution in [3.05, 3.63) is 28.4 Å². The van der Waals surface area contributed by atoms with Gasteiger partial charge in [0.15, 0.2) is 0 Å². The number of pyridine rings is 1. The van der Waals surface area contributed by atoms with E-state index in [2.05, 4.69) is 4.98 Å². The molecular formula is C15H21N3O3S. The van der Waals surface area contributed by atoms with E-state index in [0.717, 1.165) is 22.6 Å². The first-order chi connectivity index (χ1) is 10.5. The lowest BCUT2D eigenvalue weighted by atomic mass is 10.2. The van der Waals surface area contributed by atoms with Crippen LogP contribution >= 0.6 is 10.9 Å². The van der Waals surface area contributed by atoms with Crippen molar-refractivity contribution >= 4 is 28.8 Å². The van der Waals surface area contributed by atoms with E-state index in [1.54, 1.807) is 12.3 Å². The summed E-state index contributed by atoms with van der Waals surface area (Å²) >= 11 is 0. The molecule has 120 valence electrons. The van der Waals surface area contributed by atoms with Crippen molar-refractivity contribution in [2.24, 2.45) is 11.5 Å². The fraction of sp³-hybridized carbons (Fsp3) is 0.400. The van der Waals surface area contributed by atoms with E-state index in [4.69, 9.17) is 16.2 Å². The largest absolute Gasteiger partial charge is 0.465 e. The molecule has 22 heavy (non-hydrogen) atoms. The average Bonchev–Trinajstić information content (AvgIpc) is 2.85. The third-order valence-corrected chi connectivity index (χ3v) is 6.18. The van der Waals surface area contributed by atoms with Crippen LogP contribution in [0.5, 0.6) is 0 Å². The molecule has 1 aromatic rings. The van der Waals surface area contributed by atoms with E-state index >= 15 is 0 Å². The first-order valence-electron chi connectivity index (χ1n) is 7.12. The van der Waals surface area contributed by atoms with Crippen LogP contribution in [0, 0.1) is 6.92 Å². The van der Waals surface area contributed by atoms with Gasteiger partial charge in [0.2, 0.25) is 0 Å². The highest BCUT2D eigenvalue weighted by molar-refractivity contribution is 8.21. The quantitative estimate of drug-likeness (QED) is 0.532. The van der Waals surface area contributed by atoms with Gasteiger partial charge in [-0.05, 0) is 31.1 Å². The molecule has 2 heterocycles. The molecule has 0 fully saturated rings. The molecule has 4 N–H and O–H groups in total. The average molecular weight is 323 g/mol. The molecule has 1 aliphatic rings. The summed E-state index contributed by atoms with van der Waals surface area (Å²) in [5, 5.41) is 0. The molecule has 0 radical (unpaired) electrons. The molecule has 0 spiro atoms. The Morgan fingerprint density at radius 3 is 2.82 bits per heavy atom. The minimum absolute atomic E-state index is 0.339. The van der Waals surface area contributed by atoms with Crippen molar-refractivity contribution in [3.8, 4) is 0 Å². The van der Waals surface area contributed by atoms with E-state index in [0.29, 0.717) is 17.3 Å². The standard InChI is InChI=1S/C15H21N3O3S/c1-3-6-21-15(20)10(16)8-22-12(14(17)19)7-11-13(22)9(2)4-5-18-11/h4-5,7,10,22H,3,6,8,16H2,1-2H3,(H2,17,19)/t10-/m0/s1. The van der Waals surface area contributed by atoms with Crippen LogP contribution in [0.25, 0.3) is 6.08 Å². The van der Waals surface area contributed by atoms with Crippen LogP contribution in [-0.2, 0) is 14.3 Å². The van der Waals surface area contributed by atoms with Gasteiger partial charge < -0.3 is 16.2 Å². The zero-order chi connectivity index (χ0) is 16.3. The monoisotopic (exact) mass is 323 g/mol. The highest BCUT2D eigenvalue weighted by atomic mass is 32.2. The minimum Gasteiger partial charge on any atom is -0.465 e. The topological polar surface area (TPSA) is 108 Å². The summed E-state index contributed by atoms with van der Waals surface area (Å²) in [5.74, 6) is -0.590. The van der Waals surface area contributed by atoms with Gasteiger partial charge in [-0.3, -0.25) is 14.6 Å². The van der Waals surface area contributed by atoms with Gasteiger partial charge in [0.25, 0.3) is 5.91 Å². The molecular weight excluding hydrogens is 302 g/mol. The number of rotatable bonds is 6. The lowest BCUT2D eigenvalue weighted by Gasteiger charge is -2.23. The molecule has 0 saturated heterocycles. The van der Waals surface area contributed by atoms with E-state index in [1.165, 1.54) is 0 Å². The molecule has 2 atom stereocenters. The fourth-order valence-corrected chi connectivity index (χ4v) is 4.94.